The van der Waals surface area contributed by atoms with Crippen molar-refractivity contribution in [2.24, 2.45) is 0 Å². The van der Waals surface area contributed by atoms with Crippen LogP contribution in [0.2, 0.25) is 0 Å². The van der Waals surface area contributed by atoms with Crippen LogP contribution in [0.4, 0.5) is 5.69 Å². The third kappa shape index (κ3) is 0.889. The second-order valence-electron chi connectivity index (χ2n) is 1.68. The van der Waals surface area contributed by atoms with E-state index >= 15 is 0 Å². The van der Waals surface area contributed by atoms with E-state index in [2.05, 4.69) is 4.85 Å². The van der Waals surface area contributed by atoms with Gasteiger partial charge in [-0.1, -0.05) is 0 Å². The number of hydrogen-bond donors (Lipinski definition) is 1. The van der Waals surface area contributed by atoms with Gasteiger partial charge in [-0.3, -0.25) is 0 Å². The Morgan fingerprint density at radius 1 is 1.78 bits per heavy atom. The zero-order valence-corrected chi connectivity index (χ0v) is 5.70. The van der Waals surface area contributed by atoms with Crippen LogP contribution >= 0.6 is 11.3 Å². The number of nitrogens with zero attached hydrogens (tertiary/aromatic N) is 1. The first-order valence-electron chi connectivity index (χ1n) is 2.40. The van der Waals surface area contributed by atoms with Crippen molar-refractivity contribution in [3.05, 3.63) is 22.4 Å². The van der Waals surface area contributed by atoms with E-state index in [0.717, 1.165) is 5.56 Å². The highest BCUT2D eigenvalue weighted by atomic mass is 32.1. The van der Waals surface area contributed by atoms with Crippen LogP contribution in [-0.2, 0) is 0 Å². The average Bonchev–Trinajstić information content (AvgIpc) is 2.12. The summed E-state index contributed by atoms with van der Waals surface area (Å²) in [7, 11) is 0. The van der Waals surface area contributed by atoms with Crippen LogP contribution in [0.3, 0.4) is 0 Å². The van der Waals surface area contributed by atoms with Crippen molar-refractivity contribution in [1.82, 2.24) is 0 Å². The van der Waals surface area contributed by atoms with Gasteiger partial charge >= 0.3 is 0 Å². The van der Waals surface area contributed by atoms with E-state index in [-0.39, 0.29) is 5.06 Å². The molecule has 0 spiro atoms. The van der Waals surface area contributed by atoms with Gasteiger partial charge in [-0.25, -0.2) is 4.85 Å². The molecule has 0 radical (unpaired) electrons. The molecule has 1 heterocycles. The summed E-state index contributed by atoms with van der Waals surface area (Å²) in [5.74, 6) is 0. The van der Waals surface area contributed by atoms with Crippen molar-refractivity contribution in [2.75, 3.05) is 0 Å². The molecule has 0 saturated carbocycles. The maximum absolute atomic E-state index is 8.94. The second-order valence-corrected chi connectivity index (χ2v) is 2.54. The van der Waals surface area contributed by atoms with Crippen LogP contribution in [-0.4, -0.2) is 5.11 Å². The molecule has 46 valence electrons. The molecule has 0 bridgehead atoms. The van der Waals surface area contributed by atoms with E-state index in [1.54, 1.807) is 5.38 Å². The first-order valence-corrected chi connectivity index (χ1v) is 3.28. The smallest absolute Gasteiger partial charge is 0.241 e. The van der Waals surface area contributed by atoms with Crippen molar-refractivity contribution in [1.29, 1.82) is 0 Å². The van der Waals surface area contributed by atoms with Crippen LogP contribution in [0.1, 0.15) is 5.56 Å². The van der Waals surface area contributed by atoms with Gasteiger partial charge in [0.25, 0.3) is 0 Å². The first-order chi connectivity index (χ1) is 4.25. The van der Waals surface area contributed by atoms with Gasteiger partial charge < -0.3 is 5.11 Å². The van der Waals surface area contributed by atoms with E-state index in [4.69, 9.17) is 11.7 Å². The largest absolute Gasteiger partial charge is 0.509 e. The fourth-order valence-corrected chi connectivity index (χ4v) is 1.28. The summed E-state index contributed by atoms with van der Waals surface area (Å²) >= 11 is 1.20. The normalized spacial score (nSPS) is 8.89. The molecule has 1 aromatic rings. The van der Waals surface area contributed by atoms with Gasteiger partial charge in [0.15, 0.2) is 5.06 Å². The van der Waals surface area contributed by atoms with E-state index in [0.29, 0.717) is 5.69 Å². The highest BCUT2D eigenvalue weighted by Crippen LogP contribution is 2.36. The molecule has 1 rings (SSSR count). The Hall–Kier alpha value is -1.01. The van der Waals surface area contributed by atoms with E-state index in [9.17, 15) is 0 Å². The fraction of sp³-hybridized carbons (Fsp3) is 0.167. The molecule has 1 aromatic heterocycles. The molecule has 9 heavy (non-hydrogen) atoms. The molecule has 0 saturated heterocycles. The minimum atomic E-state index is 0.127. The van der Waals surface area contributed by atoms with Crippen LogP contribution < -0.4 is 0 Å². The second kappa shape index (κ2) is 2.08. The van der Waals surface area contributed by atoms with Crippen LogP contribution in [0.5, 0.6) is 5.06 Å². The topological polar surface area (TPSA) is 24.6 Å². The summed E-state index contributed by atoms with van der Waals surface area (Å²) in [5, 5.41) is 10.8. The Bertz CT molecular complexity index is 239. The van der Waals surface area contributed by atoms with E-state index in [1.807, 2.05) is 6.92 Å². The van der Waals surface area contributed by atoms with Crippen molar-refractivity contribution >= 4 is 17.0 Å². The lowest BCUT2D eigenvalue weighted by Crippen LogP contribution is -1.57. The van der Waals surface area contributed by atoms with Gasteiger partial charge in [0, 0.05) is 0 Å². The Kier molecular flexibility index (Phi) is 1.41. The highest BCUT2D eigenvalue weighted by Gasteiger charge is 2.04. The quantitative estimate of drug-likeness (QED) is 0.548. The Labute approximate surface area is 57.2 Å². The zero-order chi connectivity index (χ0) is 6.85. The lowest BCUT2D eigenvalue weighted by atomic mass is 10.3. The van der Waals surface area contributed by atoms with Gasteiger partial charge in [-0.05, 0) is 17.9 Å². The molecule has 0 amide bonds. The number of aryl methyl sites for hydroxylation is 1. The van der Waals surface area contributed by atoms with Crippen LogP contribution in [0, 0.1) is 13.5 Å². The van der Waals surface area contributed by atoms with Gasteiger partial charge in [0.2, 0.25) is 5.69 Å². The van der Waals surface area contributed by atoms with Crippen LogP contribution in [0.15, 0.2) is 5.38 Å². The Morgan fingerprint density at radius 3 is 2.67 bits per heavy atom. The number of thiophene rings is 1. The Balaban J connectivity index is 3.27. The molecule has 0 unspecified atom stereocenters. The summed E-state index contributed by atoms with van der Waals surface area (Å²) < 4.78 is 0. The lowest BCUT2D eigenvalue weighted by Gasteiger charge is -1.82. The predicted octanol–water partition coefficient (Wildman–Crippen LogP) is 2.31. The maximum Gasteiger partial charge on any atom is 0.241 e. The minimum absolute atomic E-state index is 0.127. The number of hydrogen-bond acceptors (Lipinski definition) is 2. The standard InChI is InChI=1S/C6H5NOS/c1-4-3-9-6(8)5(4)7-2/h3,8H,1H3. The third-order valence-corrected chi connectivity index (χ3v) is 1.92. The van der Waals surface area contributed by atoms with Crippen molar-refractivity contribution < 1.29 is 5.11 Å². The maximum atomic E-state index is 8.94. The minimum Gasteiger partial charge on any atom is -0.509 e. The van der Waals surface area contributed by atoms with E-state index in [1.165, 1.54) is 11.3 Å². The fourth-order valence-electron chi connectivity index (χ4n) is 0.561. The van der Waals surface area contributed by atoms with Crippen molar-refractivity contribution in [3.8, 4) is 5.06 Å². The summed E-state index contributed by atoms with van der Waals surface area (Å²) in [6.07, 6.45) is 0. The molecule has 0 fully saturated rings. The van der Waals surface area contributed by atoms with Gasteiger partial charge in [0.1, 0.15) is 0 Å². The third-order valence-electron chi connectivity index (χ3n) is 1.04. The molecule has 0 aliphatic heterocycles. The molecule has 1 N–H and O–H groups in total. The molecular weight excluding hydrogens is 134 g/mol. The van der Waals surface area contributed by atoms with Gasteiger partial charge in [-0.15, -0.1) is 11.3 Å². The summed E-state index contributed by atoms with van der Waals surface area (Å²) in [4.78, 5) is 3.14. The number of rotatable bonds is 0. The zero-order valence-electron chi connectivity index (χ0n) is 4.88. The van der Waals surface area contributed by atoms with Gasteiger partial charge in [0.05, 0.1) is 6.57 Å². The molecule has 2 nitrogen and oxygen atoms in total. The summed E-state index contributed by atoms with van der Waals surface area (Å²) in [5.41, 5.74) is 1.24. The molecule has 3 heteroatoms. The summed E-state index contributed by atoms with van der Waals surface area (Å²) in [6, 6.07) is 0. The predicted molar refractivity (Wildman–Crippen MR) is 37.0 cm³/mol. The molecule has 0 aliphatic carbocycles. The highest BCUT2D eigenvalue weighted by molar-refractivity contribution is 7.12. The monoisotopic (exact) mass is 139 g/mol. The molecular formula is C6H5NOS. The van der Waals surface area contributed by atoms with Crippen molar-refractivity contribution in [3.63, 3.8) is 0 Å². The van der Waals surface area contributed by atoms with Crippen molar-refractivity contribution in [2.45, 2.75) is 6.92 Å². The lowest BCUT2D eigenvalue weighted by molar-refractivity contribution is 0.493. The van der Waals surface area contributed by atoms with Gasteiger partial charge in [-0.2, -0.15) is 0 Å². The number of aromatic hydroxyl groups is 1. The molecule has 0 aliphatic rings. The van der Waals surface area contributed by atoms with Crippen LogP contribution in [0.25, 0.3) is 4.85 Å². The molecule has 0 aromatic carbocycles. The summed E-state index contributed by atoms with van der Waals surface area (Å²) in [6.45, 7) is 8.42. The average molecular weight is 139 g/mol. The Morgan fingerprint density at radius 2 is 2.44 bits per heavy atom. The first kappa shape index (κ1) is 6.12. The van der Waals surface area contributed by atoms with E-state index < -0.39 is 0 Å². The SMILES string of the molecule is [C-]#[N+]c1c(C)csc1O. The molecule has 0 atom stereocenters.